The molecule has 1 unspecified atom stereocenters. The van der Waals surface area contributed by atoms with Crippen LogP contribution in [0.3, 0.4) is 0 Å². The van der Waals surface area contributed by atoms with E-state index in [1.54, 1.807) is 17.6 Å². The van der Waals surface area contributed by atoms with Crippen LogP contribution in [0.25, 0.3) is 0 Å². The topological polar surface area (TPSA) is 25.2 Å². The highest BCUT2D eigenvalue weighted by atomic mass is 35.5. The lowest BCUT2D eigenvalue weighted by molar-refractivity contribution is 0.458. The number of aryl methyl sites for hydroxylation is 1. The summed E-state index contributed by atoms with van der Waals surface area (Å²) in [6.45, 7) is 5.06. The molecule has 0 amide bonds. The van der Waals surface area contributed by atoms with Crippen LogP contribution in [0.4, 0.5) is 0 Å². The Morgan fingerprint density at radius 2 is 2.35 bits per heavy atom. The highest BCUT2D eigenvalue weighted by molar-refractivity contribution is 7.10. The van der Waals surface area contributed by atoms with E-state index in [0.717, 1.165) is 29.3 Å². The highest BCUT2D eigenvalue weighted by Gasteiger charge is 2.18. The van der Waals surface area contributed by atoms with Gasteiger partial charge < -0.3 is 9.73 Å². The van der Waals surface area contributed by atoms with Crippen molar-refractivity contribution in [1.82, 2.24) is 5.32 Å². The molecule has 0 aromatic carbocycles. The molecule has 2 rings (SSSR count). The fraction of sp³-hybridized carbons (Fsp3) is 0.385. The quantitative estimate of drug-likeness (QED) is 0.880. The molecule has 2 nitrogen and oxygen atoms in total. The maximum Gasteiger partial charge on any atom is 0.105 e. The van der Waals surface area contributed by atoms with E-state index in [-0.39, 0.29) is 6.04 Å². The van der Waals surface area contributed by atoms with Crippen molar-refractivity contribution in [2.75, 3.05) is 6.54 Å². The van der Waals surface area contributed by atoms with Gasteiger partial charge in [-0.25, -0.2) is 0 Å². The largest absolute Gasteiger partial charge is 0.469 e. The first-order valence-corrected chi connectivity index (χ1v) is 6.97. The van der Waals surface area contributed by atoms with Crippen LogP contribution in [-0.2, 0) is 6.42 Å². The van der Waals surface area contributed by atoms with Crippen LogP contribution in [0.2, 0.25) is 5.02 Å². The fourth-order valence-electron chi connectivity index (χ4n) is 1.82. The molecular formula is C13H16ClNOS. The van der Waals surface area contributed by atoms with Crippen LogP contribution in [-0.4, -0.2) is 6.54 Å². The minimum Gasteiger partial charge on any atom is -0.469 e. The van der Waals surface area contributed by atoms with Crippen molar-refractivity contribution in [2.24, 2.45) is 0 Å². The summed E-state index contributed by atoms with van der Waals surface area (Å²) >= 11 is 8.03. The molecular weight excluding hydrogens is 254 g/mol. The van der Waals surface area contributed by atoms with Crippen molar-refractivity contribution in [3.8, 4) is 0 Å². The number of thiophene rings is 1. The predicted molar refractivity (Wildman–Crippen MR) is 72.9 cm³/mol. The molecule has 2 heterocycles. The normalized spacial score (nSPS) is 12.9. The van der Waals surface area contributed by atoms with E-state index in [9.17, 15) is 0 Å². The fourth-order valence-corrected chi connectivity index (χ4v) is 3.22. The molecule has 92 valence electrons. The number of hydrogen-bond acceptors (Lipinski definition) is 3. The second-order valence-electron chi connectivity index (χ2n) is 3.99. The number of nitrogens with one attached hydrogen (secondary N) is 1. The third-order valence-corrected chi connectivity index (χ3v) is 4.51. The molecule has 1 N–H and O–H groups in total. The summed E-state index contributed by atoms with van der Waals surface area (Å²) in [7, 11) is 0. The maximum absolute atomic E-state index is 6.32. The summed E-state index contributed by atoms with van der Waals surface area (Å²) in [5.41, 5.74) is 1.15. The average molecular weight is 270 g/mol. The summed E-state index contributed by atoms with van der Waals surface area (Å²) in [5.74, 6) is 0.984. The van der Waals surface area contributed by atoms with E-state index in [1.807, 2.05) is 19.1 Å². The Labute approximate surface area is 111 Å². The zero-order chi connectivity index (χ0) is 12.3. The summed E-state index contributed by atoms with van der Waals surface area (Å²) < 4.78 is 5.40. The van der Waals surface area contributed by atoms with Crippen LogP contribution in [0, 0.1) is 6.92 Å². The molecule has 0 bridgehead atoms. The Hall–Kier alpha value is -0.770. The van der Waals surface area contributed by atoms with E-state index < -0.39 is 0 Å². The van der Waals surface area contributed by atoms with E-state index in [2.05, 4.69) is 17.6 Å². The van der Waals surface area contributed by atoms with Crippen LogP contribution in [0.5, 0.6) is 0 Å². The van der Waals surface area contributed by atoms with Crippen molar-refractivity contribution >= 4 is 22.9 Å². The molecule has 17 heavy (non-hydrogen) atoms. The molecule has 0 saturated carbocycles. The lowest BCUT2D eigenvalue weighted by atomic mass is 10.1. The van der Waals surface area contributed by atoms with E-state index in [4.69, 9.17) is 16.0 Å². The lowest BCUT2D eigenvalue weighted by Gasteiger charge is -2.15. The molecule has 0 aliphatic carbocycles. The summed E-state index contributed by atoms with van der Waals surface area (Å²) in [4.78, 5) is 1.20. The van der Waals surface area contributed by atoms with Gasteiger partial charge in [0.25, 0.3) is 0 Å². The van der Waals surface area contributed by atoms with Gasteiger partial charge in [0.05, 0.1) is 17.3 Å². The van der Waals surface area contributed by atoms with Gasteiger partial charge >= 0.3 is 0 Å². The molecule has 2 aromatic heterocycles. The second-order valence-corrected chi connectivity index (χ2v) is 5.28. The van der Waals surface area contributed by atoms with Gasteiger partial charge in [-0.2, -0.15) is 0 Å². The monoisotopic (exact) mass is 269 g/mol. The minimum absolute atomic E-state index is 0.234. The first-order chi connectivity index (χ1) is 8.22. The molecule has 1 atom stereocenters. The lowest BCUT2D eigenvalue weighted by Crippen LogP contribution is -2.22. The molecule has 0 aliphatic rings. The number of hydrogen-bond donors (Lipinski definition) is 1. The Balaban J connectivity index is 2.20. The van der Waals surface area contributed by atoms with Crippen molar-refractivity contribution in [3.63, 3.8) is 0 Å². The van der Waals surface area contributed by atoms with Crippen LogP contribution >= 0.6 is 22.9 Å². The standard InChI is InChI=1S/C13H16ClNOS/c1-3-15-11(7-10-5-4-6-16-10)13-12(14)9(2)8-17-13/h4-6,8,11,15H,3,7H2,1-2H3. The predicted octanol–water partition coefficient (Wildman–Crippen LogP) is 4.20. The Bertz CT molecular complexity index is 464. The van der Waals surface area contributed by atoms with Gasteiger partial charge in [-0.1, -0.05) is 18.5 Å². The average Bonchev–Trinajstić information content (AvgIpc) is 2.91. The Kier molecular flexibility index (Phi) is 4.26. The third-order valence-electron chi connectivity index (χ3n) is 2.68. The van der Waals surface area contributed by atoms with Gasteiger partial charge in [0, 0.05) is 11.3 Å². The highest BCUT2D eigenvalue weighted by Crippen LogP contribution is 2.34. The third kappa shape index (κ3) is 2.92. The van der Waals surface area contributed by atoms with Crippen molar-refractivity contribution in [2.45, 2.75) is 26.3 Å². The molecule has 0 fully saturated rings. The van der Waals surface area contributed by atoms with Gasteiger partial charge in [0.15, 0.2) is 0 Å². The van der Waals surface area contributed by atoms with Crippen LogP contribution in [0.15, 0.2) is 28.2 Å². The number of rotatable bonds is 5. The van der Waals surface area contributed by atoms with Gasteiger partial charge in [0.1, 0.15) is 5.76 Å². The van der Waals surface area contributed by atoms with E-state index >= 15 is 0 Å². The number of halogens is 1. The van der Waals surface area contributed by atoms with Gasteiger partial charge in [-0.15, -0.1) is 11.3 Å². The first kappa shape index (κ1) is 12.7. The van der Waals surface area contributed by atoms with E-state index in [1.165, 1.54) is 4.88 Å². The Morgan fingerprint density at radius 1 is 1.53 bits per heavy atom. The van der Waals surface area contributed by atoms with Crippen molar-refractivity contribution < 1.29 is 4.42 Å². The Morgan fingerprint density at radius 3 is 2.88 bits per heavy atom. The SMILES string of the molecule is CCNC(Cc1ccco1)c1scc(C)c1Cl. The van der Waals surface area contributed by atoms with Crippen molar-refractivity contribution in [3.05, 3.63) is 45.0 Å². The summed E-state index contributed by atoms with van der Waals surface area (Å²) in [5, 5.41) is 6.44. The van der Waals surface area contributed by atoms with Crippen LogP contribution in [0.1, 0.15) is 29.2 Å². The molecule has 2 aromatic rings. The minimum atomic E-state index is 0.234. The maximum atomic E-state index is 6.32. The molecule has 0 radical (unpaired) electrons. The summed E-state index contributed by atoms with van der Waals surface area (Å²) in [6.07, 6.45) is 2.54. The molecule has 0 spiro atoms. The van der Waals surface area contributed by atoms with Gasteiger partial charge in [-0.05, 0) is 36.5 Å². The summed E-state index contributed by atoms with van der Waals surface area (Å²) in [6, 6.07) is 4.15. The van der Waals surface area contributed by atoms with Crippen molar-refractivity contribution in [1.29, 1.82) is 0 Å². The molecule has 4 heteroatoms. The number of furan rings is 1. The first-order valence-electron chi connectivity index (χ1n) is 5.71. The second kappa shape index (κ2) is 5.71. The van der Waals surface area contributed by atoms with Gasteiger partial charge in [-0.3, -0.25) is 0 Å². The number of likely N-dealkylation sites (N-methyl/N-ethyl adjacent to an activating group) is 1. The van der Waals surface area contributed by atoms with E-state index in [0.29, 0.717) is 0 Å². The molecule has 0 aliphatic heterocycles. The molecule has 0 saturated heterocycles. The van der Waals surface area contributed by atoms with Gasteiger partial charge in [0.2, 0.25) is 0 Å². The smallest absolute Gasteiger partial charge is 0.105 e. The zero-order valence-corrected chi connectivity index (χ0v) is 11.6. The van der Waals surface area contributed by atoms with Crippen LogP contribution < -0.4 is 5.32 Å². The zero-order valence-electron chi connectivity index (χ0n) is 10.00.